The maximum atomic E-state index is 11.8. The molecule has 11 heteroatoms. The Labute approximate surface area is 205 Å². The van der Waals surface area contributed by atoms with Crippen LogP contribution in [0.1, 0.15) is 29.2 Å². The van der Waals surface area contributed by atoms with Gasteiger partial charge in [0.15, 0.2) is 5.82 Å². The van der Waals surface area contributed by atoms with Crippen LogP contribution >= 0.6 is 11.6 Å². The van der Waals surface area contributed by atoms with Gasteiger partial charge in [-0.2, -0.15) is 18.1 Å². The molecule has 0 saturated heterocycles. The first kappa shape index (κ1) is 25.7. The van der Waals surface area contributed by atoms with Gasteiger partial charge in [-0.1, -0.05) is 30.7 Å². The van der Waals surface area contributed by atoms with Crippen LogP contribution in [0.2, 0.25) is 5.02 Å². The average Bonchev–Trinajstić information content (AvgIpc) is 2.76. The van der Waals surface area contributed by atoms with Crippen LogP contribution in [0, 0.1) is 20.8 Å². The average molecular weight is 505 g/mol. The van der Waals surface area contributed by atoms with Crippen LogP contribution in [0.25, 0.3) is 0 Å². The summed E-state index contributed by atoms with van der Waals surface area (Å²) in [5, 5.41) is 6.81. The van der Waals surface area contributed by atoms with Gasteiger partial charge in [0, 0.05) is 24.5 Å². The number of hydrogen-bond acceptors (Lipinski definition) is 7. The van der Waals surface area contributed by atoms with Gasteiger partial charge in [0.05, 0.1) is 13.3 Å². The summed E-state index contributed by atoms with van der Waals surface area (Å²) in [5.41, 5.74) is 5.36. The molecular formula is C23H29ClN6O3S. The number of nitrogens with one attached hydrogen (secondary N) is 4. The molecule has 1 heterocycles. The number of halogens is 1. The van der Waals surface area contributed by atoms with E-state index in [1.165, 1.54) is 6.20 Å². The van der Waals surface area contributed by atoms with Crippen LogP contribution in [-0.4, -0.2) is 32.0 Å². The van der Waals surface area contributed by atoms with E-state index in [1.54, 1.807) is 14.0 Å². The molecule has 1 aromatic heterocycles. The molecule has 9 nitrogen and oxygen atoms in total. The molecule has 2 aromatic carbocycles. The molecule has 0 saturated carbocycles. The quantitative estimate of drug-likeness (QED) is 0.321. The lowest BCUT2D eigenvalue weighted by Crippen LogP contribution is -2.35. The third-order valence-electron chi connectivity index (χ3n) is 5.01. The molecule has 3 rings (SSSR count). The van der Waals surface area contributed by atoms with Crippen molar-refractivity contribution >= 4 is 45.0 Å². The van der Waals surface area contributed by atoms with Gasteiger partial charge in [-0.05, 0) is 61.2 Å². The summed E-state index contributed by atoms with van der Waals surface area (Å²) in [4.78, 5) is 8.80. The number of methoxy groups -OCH3 is 1. The Morgan fingerprint density at radius 3 is 2.32 bits per heavy atom. The lowest BCUT2D eigenvalue weighted by Gasteiger charge is -2.14. The standard InChI is InChI=1S/C23H29ClN6O3S/c1-6-26-34(31,32)27-12-17-7-8-20(14(2)9-17)29-22-19(24)13-25-23(30-22)28-18-10-15(3)21(33-5)16(4)11-18/h7-11,13,26-27H,6,12H2,1-5H3,(H2,25,28,29,30). The summed E-state index contributed by atoms with van der Waals surface area (Å²) in [5.74, 6) is 1.69. The first-order valence-electron chi connectivity index (χ1n) is 10.7. The molecule has 182 valence electrons. The van der Waals surface area contributed by atoms with Gasteiger partial charge in [0.2, 0.25) is 5.95 Å². The first-order valence-corrected chi connectivity index (χ1v) is 12.5. The second-order valence-corrected chi connectivity index (χ2v) is 9.75. The summed E-state index contributed by atoms with van der Waals surface area (Å²) >= 11 is 6.34. The number of hydrogen-bond donors (Lipinski definition) is 4. The number of rotatable bonds is 10. The largest absolute Gasteiger partial charge is 0.496 e. The summed E-state index contributed by atoms with van der Waals surface area (Å²) in [7, 11) is -1.86. The topological polar surface area (TPSA) is 117 Å². The molecule has 0 amide bonds. The third-order valence-corrected chi connectivity index (χ3v) is 6.48. The molecule has 4 N–H and O–H groups in total. The number of aryl methyl sites for hydroxylation is 3. The van der Waals surface area contributed by atoms with E-state index in [4.69, 9.17) is 16.3 Å². The van der Waals surface area contributed by atoms with Crippen LogP contribution in [0.3, 0.4) is 0 Å². The highest BCUT2D eigenvalue weighted by atomic mass is 35.5. The maximum Gasteiger partial charge on any atom is 0.277 e. The van der Waals surface area contributed by atoms with Crippen molar-refractivity contribution in [3.63, 3.8) is 0 Å². The third kappa shape index (κ3) is 6.57. The molecule has 0 radical (unpaired) electrons. The van der Waals surface area contributed by atoms with Crippen molar-refractivity contribution in [2.24, 2.45) is 0 Å². The van der Waals surface area contributed by atoms with Gasteiger partial charge in [0.25, 0.3) is 10.2 Å². The van der Waals surface area contributed by atoms with Gasteiger partial charge in [-0.15, -0.1) is 0 Å². The van der Waals surface area contributed by atoms with Gasteiger partial charge in [-0.3, -0.25) is 0 Å². The van der Waals surface area contributed by atoms with Crippen LogP contribution in [-0.2, 0) is 16.8 Å². The van der Waals surface area contributed by atoms with Crippen molar-refractivity contribution < 1.29 is 13.2 Å². The zero-order chi connectivity index (χ0) is 24.9. The summed E-state index contributed by atoms with van der Waals surface area (Å²) < 4.78 is 33.9. The molecule has 0 fully saturated rings. The van der Waals surface area contributed by atoms with Crippen LogP contribution < -0.4 is 24.8 Å². The lowest BCUT2D eigenvalue weighted by atomic mass is 10.1. The SMILES string of the molecule is CCNS(=O)(=O)NCc1ccc(Nc2nc(Nc3cc(C)c(OC)c(C)c3)ncc2Cl)c(C)c1. The van der Waals surface area contributed by atoms with E-state index in [2.05, 4.69) is 30.0 Å². The number of nitrogens with zero attached hydrogens (tertiary/aromatic N) is 2. The molecule has 0 atom stereocenters. The summed E-state index contributed by atoms with van der Waals surface area (Å²) in [6, 6.07) is 9.51. The normalized spacial score (nSPS) is 11.4. The highest BCUT2D eigenvalue weighted by Crippen LogP contribution is 2.30. The minimum Gasteiger partial charge on any atom is -0.496 e. The van der Waals surface area contributed by atoms with E-state index in [0.29, 0.717) is 23.3 Å². The Balaban J connectivity index is 1.75. The summed E-state index contributed by atoms with van der Waals surface area (Å²) in [6.45, 7) is 8.10. The van der Waals surface area contributed by atoms with Crippen molar-refractivity contribution in [3.8, 4) is 5.75 Å². The minimum atomic E-state index is -3.51. The maximum absolute atomic E-state index is 11.8. The van der Waals surface area contributed by atoms with Crippen LogP contribution in [0.4, 0.5) is 23.1 Å². The van der Waals surface area contributed by atoms with Crippen molar-refractivity contribution in [2.75, 3.05) is 24.3 Å². The molecule has 0 aliphatic rings. The number of ether oxygens (including phenoxy) is 1. The van der Waals surface area contributed by atoms with Crippen molar-refractivity contribution in [1.82, 2.24) is 19.4 Å². The predicted octanol–water partition coefficient (Wildman–Crippen LogP) is 4.49. The van der Waals surface area contributed by atoms with E-state index >= 15 is 0 Å². The van der Waals surface area contributed by atoms with E-state index in [1.807, 2.05) is 51.1 Å². The minimum absolute atomic E-state index is 0.180. The Bertz CT molecular complexity index is 1260. The van der Waals surface area contributed by atoms with Gasteiger partial charge in [0.1, 0.15) is 10.8 Å². The van der Waals surface area contributed by atoms with Crippen molar-refractivity contribution in [3.05, 3.63) is 63.8 Å². The van der Waals surface area contributed by atoms with E-state index in [9.17, 15) is 8.42 Å². The fourth-order valence-electron chi connectivity index (χ4n) is 3.51. The molecule has 0 aliphatic carbocycles. The molecule has 0 bridgehead atoms. The van der Waals surface area contributed by atoms with Gasteiger partial charge >= 0.3 is 0 Å². The van der Waals surface area contributed by atoms with Crippen molar-refractivity contribution in [1.29, 1.82) is 0 Å². The number of benzene rings is 2. The van der Waals surface area contributed by atoms with E-state index in [-0.39, 0.29) is 6.54 Å². The molecule has 34 heavy (non-hydrogen) atoms. The zero-order valence-corrected chi connectivity index (χ0v) is 21.4. The highest BCUT2D eigenvalue weighted by Gasteiger charge is 2.12. The van der Waals surface area contributed by atoms with E-state index < -0.39 is 10.2 Å². The Hall–Kier alpha value is -2.92. The zero-order valence-electron chi connectivity index (χ0n) is 19.8. The van der Waals surface area contributed by atoms with Crippen LogP contribution in [0.15, 0.2) is 36.5 Å². The Morgan fingerprint density at radius 2 is 1.71 bits per heavy atom. The molecule has 0 spiro atoms. The monoisotopic (exact) mass is 504 g/mol. The second kappa shape index (κ2) is 11.0. The Morgan fingerprint density at radius 1 is 1.00 bits per heavy atom. The number of anilines is 4. The molecule has 0 aliphatic heterocycles. The lowest BCUT2D eigenvalue weighted by molar-refractivity contribution is 0.408. The number of aromatic nitrogens is 2. The molecule has 3 aromatic rings. The molecule has 0 unspecified atom stereocenters. The fourth-order valence-corrected chi connectivity index (χ4v) is 4.49. The first-order chi connectivity index (χ1) is 16.1. The van der Waals surface area contributed by atoms with Crippen molar-refractivity contribution in [2.45, 2.75) is 34.2 Å². The second-order valence-electron chi connectivity index (χ2n) is 7.76. The summed E-state index contributed by atoms with van der Waals surface area (Å²) in [6.07, 6.45) is 1.53. The Kier molecular flexibility index (Phi) is 8.32. The van der Waals surface area contributed by atoms with Crippen LogP contribution in [0.5, 0.6) is 5.75 Å². The smallest absolute Gasteiger partial charge is 0.277 e. The van der Waals surface area contributed by atoms with Gasteiger partial charge < -0.3 is 15.4 Å². The predicted molar refractivity (Wildman–Crippen MR) is 137 cm³/mol. The highest BCUT2D eigenvalue weighted by molar-refractivity contribution is 7.87. The fraction of sp³-hybridized carbons (Fsp3) is 0.304. The molecular weight excluding hydrogens is 476 g/mol. The van der Waals surface area contributed by atoms with E-state index in [0.717, 1.165) is 39.4 Å². The van der Waals surface area contributed by atoms with Gasteiger partial charge in [-0.25, -0.2) is 9.71 Å².